The number of aliphatic hydroxyl groups is 1. The molecule has 0 aromatic heterocycles. The molecule has 3 aromatic carbocycles. The van der Waals surface area contributed by atoms with Gasteiger partial charge in [0.25, 0.3) is 0 Å². The standard InChI is InChI=1S/C22H20O/c23-14-13-16-9-11-17(12-10-16)15-22-20-7-3-1-5-18(20)19-6-2-4-8-21(19)22/h1-12,22-23H,13-15H2. The summed E-state index contributed by atoms with van der Waals surface area (Å²) in [7, 11) is 0. The summed E-state index contributed by atoms with van der Waals surface area (Å²) < 4.78 is 0. The van der Waals surface area contributed by atoms with Gasteiger partial charge in [0.05, 0.1) is 0 Å². The summed E-state index contributed by atoms with van der Waals surface area (Å²) in [5, 5.41) is 9.04. The molecular weight excluding hydrogens is 280 g/mol. The van der Waals surface area contributed by atoms with Crippen LogP contribution in [0.5, 0.6) is 0 Å². The monoisotopic (exact) mass is 300 g/mol. The highest BCUT2D eigenvalue weighted by atomic mass is 16.2. The van der Waals surface area contributed by atoms with E-state index < -0.39 is 0 Å². The molecule has 0 heterocycles. The Bertz CT molecular complexity index is 772. The average Bonchev–Trinajstić information content (AvgIpc) is 2.92. The van der Waals surface area contributed by atoms with Crippen molar-refractivity contribution in [3.8, 4) is 11.1 Å². The van der Waals surface area contributed by atoms with Crippen LogP contribution in [0.3, 0.4) is 0 Å². The molecule has 0 spiro atoms. The van der Waals surface area contributed by atoms with Crippen molar-refractivity contribution in [2.75, 3.05) is 6.61 Å². The quantitative estimate of drug-likeness (QED) is 0.748. The van der Waals surface area contributed by atoms with E-state index in [1.165, 1.54) is 33.4 Å². The van der Waals surface area contributed by atoms with Crippen molar-refractivity contribution in [1.82, 2.24) is 0 Å². The smallest absolute Gasteiger partial charge is 0.0471 e. The summed E-state index contributed by atoms with van der Waals surface area (Å²) in [6, 6.07) is 26.2. The molecule has 0 bridgehead atoms. The Morgan fingerprint density at radius 2 is 1.17 bits per heavy atom. The van der Waals surface area contributed by atoms with E-state index in [0.717, 1.165) is 12.8 Å². The SMILES string of the molecule is OCCc1ccc(CC2c3ccccc3-c3ccccc32)cc1. The Labute approximate surface area is 137 Å². The molecule has 0 unspecified atom stereocenters. The lowest BCUT2D eigenvalue weighted by Crippen LogP contribution is -2.01. The minimum atomic E-state index is 0.211. The van der Waals surface area contributed by atoms with Gasteiger partial charge in [0.15, 0.2) is 0 Å². The van der Waals surface area contributed by atoms with E-state index in [9.17, 15) is 0 Å². The minimum Gasteiger partial charge on any atom is -0.396 e. The van der Waals surface area contributed by atoms with E-state index in [-0.39, 0.29) is 6.61 Å². The zero-order valence-corrected chi connectivity index (χ0v) is 13.1. The first-order chi connectivity index (χ1) is 11.4. The lowest BCUT2D eigenvalue weighted by molar-refractivity contribution is 0.299. The third-order valence-corrected chi connectivity index (χ3v) is 4.83. The van der Waals surface area contributed by atoms with E-state index in [0.29, 0.717) is 5.92 Å². The fourth-order valence-electron chi connectivity index (χ4n) is 3.69. The molecule has 4 rings (SSSR count). The zero-order chi connectivity index (χ0) is 15.6. The average molecular weight is 300 g/mol. The Morgan fingerprint density at radius 3 is 1.74 bits per heavy atom. The van der Waals surface area contributed by atoms with Gasteiger partial charge in [0.1, 0.15) is 0 Å². The van der Waals surface area contributed by atoms with Crippen LogP contribution < -0.4 is 0 Å². The van der Waals surface area contributed by atoms with Crippen molar-refractivity contribution in [2.45, 2.75) is 18.8 Å². The highest BCUT2D eigenvalue weighted by molar-refractivity contribution is 5.78. The molecule has 1 N–H and O–H groups in total. The van der Waals surface area contributed by atoms with Crippen molar-refractivity contribution >= 4 is 0 Å². The van der Waals surface area contributed by atoms with Crippen molar-refractivity contribution in [3.63, 3.8) is 0 Å². The molecule has 0 fully saturated rings. The Morgan fingerprint density at radius 1 is 0.652 bits per heavy atom. The number of benzene rings is 3. The van der Waals surface area contributed by atoms with Crippen LogP contribution in [0.1, 0.15) is 28.2 Å². The van der Waals surface area contributed by atoms with Crippen molar-refractivity contribution in [2.24, 2.45) is 0 Å². The van der Waals surface area contributed by atoms with Crippen LogP contribution in [0.4, 0.5) is 0 Å². The van der Waals surface area contributed by atoms with Gasteiger partial charge in [-0.15, -0.1) is 0 Å². The van der Waals surface area contributed by atoms with Gasteiger partial charge in [-0.2, -0.15) is 0 Å². The van der Waals surface area contributed by atoms with Crippen LogP contribution in [0.25, 0.3) is 11.1 Å². The molecule has 0 saturated carbocycles. The molecule has 0 atom stereocenters. The first kappa shape index (κ1) is 14.2. The number of hydrogen-bond donors (Lipinski definition) is 1. The molecule has 1 nitrogen and oxygen atoms in total. The van der Waals surface area contributed by atoms with Crippen molar-refractivity contribution in [1.29, 1.82) is 0 Å². The van der Waals surface area contributed by atoms with Gasteiger partial charge in [-0.3, -0.25) is 0 Å². The highest BCUT2D eigenvalue weighted by Crippen LogP contribution is 2.45. The van der Waals surface area contributed by atoms with E-state index in [4.69, 9.17) is 5.11 Å². The Balaban J connectivity index is 1.69. The zero-order valence-electron chi connectivity index (χ0n) is 13.1. The predicted molar refractivity (Wildman–Crippen MR) is 94.7 cm³/mol. The summed E-state index contributed by atoms with van der Waals surface area (Å²) in [5.74, 6) is 0.436. The maximum absolute atomic E-state index is 9.04. The second kappa shape index (κ2) is 6.02. The van der Waals surface area contributed by atoms with Gasteiger partial charge >= 0.3 is 0 Å². The second-order valence-electron chi connectivity index (χ2n) is 6.22. The number of rotatable bonds is 4. The third-order valence-electron chi connectivity index (χ3n) is 4.83. The first-order valence-electron chi connectivity index (χ1n) is 8.24. The molecule has 23 heavy (non-hydrogen) atoms. The summed E-state index contributed by atoms with van der Waals surface area (Å²) in [6.45, 7) is 0.211. The van der Waals surface area contributed by atoms with E-state index in [1.807, 2.05) is 0 Å². The summed E-state index contributed by atoms with van der Waals surface area (Å²) in [5.41, 5.74) is 8.18. The fourth-order valence-corrected chi connectivity index (χ4v) is 3.69. The second-order valence-corrected chi connectivity index (χ2v) is 6.22. The lowest BCUT2D eigenvalue weighted by Gasteiger charge is -2.14. The van der Waals surface area contributed by atoms with Gasteiger partial charge < -0.3 is 5.11 Å². The van der Waals surface area contributed by atoms with Gasteiger partial charge in [-0.1, -0.05) is 72.8 Å². The Kier molecular flexibility index (Phi) is 3.72. The van der Waals surface area contributed by atoms with Crippen LogP contribution in [0.2, 0.25) is 0 Å². The van der Waals surface area contributed by atoms with Gasteiger partial charge in [0.2, 0.25) is 0 Å². The molecule has 0 aliphatic heterocycles. The lowest BCUT2D eigenvalue weighted by atomic mass is 9.90. The largest absolute Gasteiger partial charge is 0.396 e. The van der Waals surface area contributed by atoms with Gasteiger partial charge in [-0.05, 0) is 46.2 Å². The van der Waals surface area contributed by atoms with Crippen LogP contribution in [0.15, 0.2) is 72.8 Å². The fraction of sp³-hybridized carbons (Fsp3) is 0.182. The van der Waals surface area contributed by atoms with E-state index in [1.54, 1.807) is 0 Å². The molecule has 0 saturated heterocycles. The van der Waals surface area contributed by atoms with Crippen LogP contribution in [-0.2, 0) is 12.8 Å². The number of aliphatic hydroxyl groups excluding tert-OH is 1. The number of fused-ring (bicyclic) bond motifs is 3. The van der Waals surface area contributed by atoms with Crippen LogP contribution >= 0.6 is 0 Å². The van der Waals surface area contributed by atoms with E-state index in [2.05, 4.69) is 72.8 Å². The van der Waals surface area contributed by atoms with Crippen molar-refractivity contribution < 1.29 is 5.11 Å². The number of hydrogen-bond acceptors (Lipinski definition) is 1. The highest BCUT2D eigenvalue weighted by Gasteiger charge is 2.27. The normalized spacial score (nSPS) is 12.9. The molecule has 114 valence electrons. The van der Waals surface area contributed by atoms with E-state index >= 15 is 0 Å². The first-order valence-corrected chi connectivity index (χ1v) is 8.24. The molecule has 1 heteroatoms. The summed E-state index contributed by atoms with van der Waals surface area (Å²) >= 11 is 0. The van der Waals surface area contributed by atoms with Crippen molar-refractivity contribution in [3.05, 3.63) is 95.1 Å². The molecule has 0 radical (unpaired) electrons. The van der Waals surface area contributed by atoms with Crippen LogP contribution in [-0.4, -0.2) is 11.7 Å². The molecule has 0 amide bonds. The summed E-state index contributed by atoms with van der Waals surface area (Å²) in [6.07, 6.45) is 1.75. The molecule has 3 aromatic rings. The Hall–Kier alpha value is -2.38. The maximum atomic E-state index is 9.04. The topological polar surface area (TPSA) is 20.2 Å². The maximum Gasteiger partial charge on any atom is 0.0471 e. The predicted octanol–water partition coefficient (Wildman–Crippen LogP) is 4.58. The minimum absolute atomic E-state index is 0.211. The molecule has 1 aliphatic carbocycles. The third kappa shape index (κ3) is 2.58. The van der Waals surface area contributed by atoms with Gasteiger partial charge in [-0.25, -0.2) is 0 Å². The summed E-state index contributed by atoms with van der Waals surface area (Å²) in [4.78, 5) is 0. The van der Waals surface area contributed by atoms with Crippen LogP contribution in [0, 0.1) is 0 Å². The van der Waals surface area contributed by atoms with Gasteiger partial charge in [0, 0.05) is 12.5 Å². The molecule has 1 aliphatic rings. The molecular formula is C22H20O.